The topological polar surface area (TPSA) is 83.2 Å². The molecule has 1 N–H and O–H groups in total. The first kappa shape index (κ1) is 23.6. The second kappa shape index (κ2) is 10.0. The lowest BCUT2D eigenvalue weighted by Crippen LogP contribution is -2.36. The molecule has 0 spiro atoms. The molecule has 2 aromatic rings. The summed E-state index contributed by atoms with van der Waals surface area (Å²) in [6, 6.07) is 9.88. The second-order valence-electron chi connectivity index (χ2n) is 8.81. The number of ether oxygens (including phenoxy) is 1. The normalized spacial score (nSPS) is 16.5. The molecule has 0 saturated heterocycles. The van der Waals surface area contributed by atoms with Crippen molar-refractivity contribution in [2.45, 2.75) is 33.2 Å². The number of aliphatic hydroxyl groups excluding tert-OH is 1. The fourth-order valence-corrected chi connectivity index (χ4v) is 3.65. The van der Waals surface area contributed by atoms with Gasteiger partial charge in [-0.25, -0.2) is 0 Å². The molecular weight excluding hydrogens is 408 g/mol. The van der Waals surface area contributed by atoms with Crippen LogP contribution < -0.4 is 4.74 Å². The van der Waals surface area contributed by atoms with Gasteiger partial charge in [0.05, 0.1) is 18.2 Å². The summed E-state index contributed by atoms with van der Waals surface area (Å²) in [5, 5.41) is 10.7. The number of hydrogen-bond acceptors (Lipinski definition) is 6. The van der Waals surface area contributed by atoms with Crippen molar-refractivity contribution < 1.29 is 23.8 Å². The summed E-state index contributed by atoms with van der Waals surface area (Å²) in [6.07, 6.45) is 0.920. The van der Waals surface area contributed by atoms with Crippen molar-refractivity contribution in [1.29, 1.82) is 0 Å². The van der Waals surface area contributed by atoms with Crippen molar-refractivity contribution in [3.8, 4) is 5.75 Å². The number of likely N-dealkylation sites (N-methyl/N-ethyl adjacent to an activating group) is 1. The van der Waals surface area contributed by atoms with E-state index in [4.69, 9.17) is 9.15 Å². The van der Waals surface area contributed by atoms with Gasteiger partial charge < -0.3 is 24.1 Å². The summed E-state index contributed by atoms with van der Waals surface area (Å²) >= 11 is 0. The van der Waals surface area contributed by atoms with Crippen molar-refractivity contribution >= 4 is 11.7 Å². The number of aryl methyl sites for hydroxylation is 1. The molecule has 7 heteroatoms. The van der Waals surface area contributed by atoms with Gasteiger partial charge in [0.1, 0.15) is 11.5 Å². The van der Waals surface area contributed by atoms with E-state index in [9.17, 15) is 14.7 Å². The molecule has 1 amide bonds. The lowest BCUT2D eigenvalue weighted by molar-refractivity contribution is -0.129. The highest BCUT2D eigenvalue weighted by Gasteiger charge is 2.44. The fraction of sp³-hybridized carbons (Fsp3) is 0.440. The van der Waals surface area contributed by atoms with Crippen LogP contribution >= 0.6 is 0 Å². The molecule has 1 aromatic heterocycles. The van der Waals surface area contributed by atoms with Crippen LogP contribution in [0.25, 0.3) is 0 Å². The average Bonchev–Trinajstić information content (AvgIpc) is 3.27. The summed E-state index contributed by atoms with van der Waals surface area (Å²) in [5.41, 5.74) is 0.734. The minimum absolute atomic E-state index is 0.0300. The predicted octanol–water partition coefficient (Wildman–Crippen LogP) is 4.15. The van der Waals surface area contributed by atoms with Gasteiger partial charge in [-0.2, -0.15) is 0 Å². The Morgan fingerprint density at radius 2 is 2.00 bits per heavy atom. The first-order chi connectivity index (χ1) is 15.2. The summed E-state index contributed by atoms with van der Waals surface area (Å²) in [7, 11) is 3.81. The number of amides is 1. The van der Waals surface area contributed by atoms with Gasteiger partial charge >= 0.3 is 0 Å². The minimum Gasteiger partial charge on any atom is -0.503 e. The van der Waals surface area contributed by atoms with E-state index in [1.807, 2.05) is 43.3 Å². The van der Waals surface area contributed by atoms with Gasteiger partial charge in [-0.15, -0.1) is 0 Å². The van der Waals surface area contributed by atoms with Crippen LogP contribution in [0.2, 0.25) is 0 Å². The van der Waals surface area contributed by atoms with E-state index < -0.39 is 23.5 Å². The van der Waals surface area contributed by atoms with Crippen LogP contribution in [0.4, 0.5) is 0 Å². The molecule has 1 aliphatic heterocycles. The Balaban J connectivity index is 1.98. The van der Waals surface area contributed by atoms with E-state index >= 15 is 0 Å². The van der Waals surface area contributed by atoms with Crippen molar-refractivity contribution in [2.75, 3.05) is 33.8 Å². The molecule has 1 aliphatic rings. The summed E-state index contributed by atoms with van der Waals surface area (Å²) in [6.45, 7) is 7.52. The van der Waals surface area contributed by atoms with E-state index in [-0.39, 0.29) is 11.3 Å². The number of aliphatic hydroxyl groups is 1. The second-order valence-corrected chi connectivity index (χ2v) is 8.81. The van der Waals surface area contributed by atoms with Crippen LogP contribution in [-0.2, 0) is 4.79 Å². The zero-order valence-electron chi connectivity index (χ0n) is 19.4. The molecule has 0 radical (unpaired) electrons. The van der Waals surface area contributed by atoms with Crippen LogP contribution in [-0.4, -0.2) is 60.4 Å². The Bertz CT molecular complexity index is 1010. The number of ketones is 1. The standard InChI is InChI=1S/C25H32N2O5/c1-16(2)11-14-31-19-8-6-7-18(15-19)22-21(23(28)20-10-9-17(3)32-20)24(29)25(30)27(22)13-12-26(4)5/h6-10,15-16,22,29H,11-14H2,1-5H3. The molecule has 2 heterocycles. The highest BCUT2D eigenvalue weighted by atomic mass is 16.5. The number of hydrogen-bond donors (Lipinski definition) is 1. The summed E-state index contributed by atoms with van der Waals surface area (Å²) in [4.78, 5) is 29.7. The maximum Gasteiger partial charge on any atom is 0.290 e. The number of carbonyl (C=O) groups is 2. The molecule has 3 rings (SSSR count). The summed E-state index contributed by atoms with van der Waals surface area (Å²) in [5.74, 6) is 0.282. The highest BCUT2D eigenvalue weighted by Crippen LogP contribution is 2.40. The Morgan fingerprint density at radius 1 is 1.25 bits per heavy atom. The number of nitrogens with zero attached hydrogens (tertiary/aromatic N) is 2. The third-order valence-corrected chi connectivity index (χ3v) is 5.44. The first-order valence-corrected chi connectivity index (χ1v) is 10.9. The maximum absolute atomic E-state index is 13.3. The number of benzene rings is 1. The van der Waals surface area contributed by atoms with E-state index in [0.717, 1.165) is 6.42 Å². The zero-order valence-corrected chi connectivity index (χ0v) is 19.4. The van der Waals surface area contributed by atoms with Gasteiger partial charge in [0.2, 0.25) is 5.78 Å². The molecule has 32 heavy (non-hydrogen) atoms. The van der Waals surface area contributed by atoms with Crippen molar-refractivity contribution in [2.24, 2.45) is 5.92 Å². The lowest BCUT2D eigenvalue weighted by Gasteiger charge is -2.28. The third-order valence-electron chi connectivity index (χ3n) is 5.44. The van der Waals surface area contributed by atoms with Gasteiger partial charge in [0.25, 0.3) is 5.91 Å². The number of carbonyl (C=O) groups excluding carboxylic acids is 2. The van der Waals surface area contributed by atoms with Crippen LogP contribution in [0.3, 0.4) is 0 Å². The van der Waals surface area contributed by atoms with Crippen molar-refractivity contribution in [3.05, 3.63) is 64.8 Å². The molecule has 1 aromatic carbocycles. The Morgan fingerprint density at radius 3 is 2.62 bits per heavy atom. The van der Waals surface area contributed by atoms with Crippen molar-refractivity contribution in [3.63, 3.8) is 0 Å². The molecule has 172 valence electrons. The zero-order chi connectivity index (χ0) is 23.4. The highest BCUT2D eigenvalue weighted by molar-refractivity contribution is 6.15. The number of rotatable bonds is 10. The smallest absolute Gasteiger partial charge is 0.290 e. The van der Waals surface area contributed by atoms with Crippen LogP contribution in [0.15, 0.2) is 52.1 Å². The van der Waals surface area contributed by atoms with Crippen LogP contribution in [0.5, 0.6) is 5.75 Å². The van der Waals surface area contributed by atoms with Crippen molar-refractivity contribution in [1.82, 2.24) is 9.80 Å². The Labute approximate surface area is 189 Å². The fourth-order valence-electron chi connectivity index (χ4n) is 3.65. The van der Waals surface area contributed by atoms with E-state index in [1.165, 1.54) is 4.90 Å². The maximum atomic E-state index is 13.3. The van der Waals surface area contributed by atoms with Gasteiger partial charge in [-0.3, -0.25) is 9.59 Å². The SMILES string of the molecule is Cc1ccc(C(=O)C2=C(O)C(=O)N(CCN(C)C)C2c2cccc(OCCC(C)C)c2)o1. The Kier molecular flexibility index (Phi) is 7.40. The van der Waals surface area contributed by atoms with Crippen LogP contribution in [0, 0.1) is 12.8 Å². The largest absolute Gasteiger partial charge is 0.503 e. The van der Waals surface area contributed by atoms with E-state index in [2.05, 4.69) is 13.8 Å². The first-order valence-electron chi connectivity index (χ1n) is 10.9. The Hall–Kier alpha value is -3.06. The van der Waals surface area contributed by atoms with E-state index in [0.29, 0.717) is 42.7 Å². The molecule has 0 saturated carbocycles. The molecular formula is C25H32N2O5. The molecule has 7 nitrogen and oxygen atoms in total. The molecule has 1 atom stereocenters. The van der Waals surface area contributed by atoms with E-state index in [1.54, 1.807) is 19.1 Å². The van der Waals surface area contributed by atoms with Gasteiger partial charge in [-0.05, 0) is 63.2 Å². The monoisotopic (exact) mass is 440 g/mol. The molecule has 0 bridgehead atoms. The lowest BCUT2D eigenvalue weighted by atomic mass is 9.95. The number of Topliss-reactive ketones (excluding diaryl/α,β-unsaturated/α-hetero) is 1. The predicted molar refractivity (Wildman–Crippen MR) is 122 cm³/mol. The number of furan rings is 1. The molecule has 0 aliphatic carbocycles. The molecule has 0 fully saturated rings. The molecule has 1 unspecified atom stereocenters. The summed E-state index contributed by atoms with van der Waals surface area (Å²) < 4.78 is 11.4. The van der Waals surface area contributed by atoms with Gasteiger partial charge in [0.15, 0.2) is 11.5 Å². The third kappa shape index (κ3) is 5.22. The van der Waals surface area contributed by atoms with Gasteiger partial charge in [0, 0.05) is 13.1 Å². The van der Waals surface area contributed by atoms with Gasteiger partial charge in [-0.1, -0.05) is 26.0 Å². The minimum atomic E-state index is -0.728. The van der Waals surface area contributed by atoms with Crippen LogP contribution in [0.1, 0.15) is 48.2 Å². The quantitative estimate of drug-likeness (QED) is 0.559. The average molecular weight is 441 g/mol.